The number of rotatable bonds is 2. The summed E-state index contributed by atoms with van der Waals surface area (Å²) in [7, 11) is 0. The minimum Gasteiger partial charge on any atom is -0.385 e. The van der Waals surface area contributed by atoms with E-state index >= 15 is 0 Å². The van der Waals surface area contributed by atoms with Crippen molar-refractivity contribution >= 4 is 28.4 Å². The molecule has 2 aliphatic carbocycles. The van der Waals surface area contributed by atoms with E-state index < -0.39 is 5.60 Å². The number of aromatic amines is 1. The van der Waals surface area contributed by atoms with Crippen LogP contribution in [-0.2, 0) is 10.4 Å². The maximum absolute atomic E-state index is 12.2. The lowest BCUT2D eigenvalue weighted by molar-refractivity contribution is -0.129. The van der Waals surface area contributed by atoms with Crippen molar-refractivity contribution in [2.24, 2.45) is 17.3 Å². The average Bonchev–Trinajstić information content (AvgIpc) is 2.88. The lowest BCUT2D eigenvalue weighted by Crippen LogP contribution is -2.39. The highest BCUT2D eigenvalue weighted by molar-refractivity contribution is 6.31. The summed E-state index contributed by atoms with van der Waals surface area (Å²) in [5.41, 5.74) is 0.393. The van der Waals surface area contributed by atoms with Crippen LogP contribution >= 0.6 is 11.6 Å². The Hall–Kier alpha value is -1.59. The third-order valence-electron chi connectivity index (χ3n) is 5.48. The molecule has 2 unspecified atom stereocenters. The van der Waals surface area contributed by atoms with Crippen LogP contribution in [0.15, 0.2) is 18.3 Å². The van der Waals surface area contributed by atoms with Gasteiger partial charge in [0.2, 0.25) is 5.91 Å². The van der Waals surface area contributed by atoms with E-state index in [0.717, 1.165) is 16.5 Å². The van der Waals surface area contributed by atoms with E-state index in [4.69, 9.17) is 11.6 Å². The summed E-state index contributed by atoms with van der Waals surface area (Å²) in [5.74, 6) is 0.745. The van der Waals surface area contributed by atoms with Gasteiger partial charge in [0.1, 0.15) is 0 Å². The highest BCUT2D eigenvalue weighted by atomic mass is 35.5. The molecule has 2 aliphatic rings. The van der Waals surface area contributed by atoms with Gasteiger partial charge in [0.05, 0.1) is 17.3 Å². The first kappa shape index (κ1) is 15.9. The van der Waals surface area contributed by atoms with E-state index in [2.05, 4.69) is 15.5 Å². The lowest BCUT2D eigenvalue weighted by atomic mass is 9.86. The summed E-state index contributed by atoms with van der Waals surface area (Å²) in [4.78, 5) is 12.2. The molecule has 0 spiro atoms. The molecule has 0 aliphatic heterocycles. The van der Waals surface area contributed by atoms with Gasteiger partial charge in [-0.3, -0.25) is 9.89 Å². The molecule has 2 aromatic rings. The molecule has 1 heterocycles. The number of hydrogen-bond donors (Lipinski definition) is 3. The Labute approximate surface area is 145 Å². The molecule has 1 aromatic heterocycles. The highest BCUT2D eigenvalue weighted by Crippen LogP contribution is 2.60. The van der Waals surface area contributed by atoms with Crippen molar-refractivity contribution in [3.63, 3.8) is 0 Å². The third-order valence-corrected chi connectivity index (χ3v) is 5.70. The lowest BCUT2D eigenvalue weighted by Gasteiger charge is -2.28. The van der Waals surface area contributed by atoms with E-state index in [9.17, 15) is 9.90 Å². The molecular weight excluding hydrogens is 326 g/mol. The first-order chi connectivity index (χ1) is 11.2. The second-order valence-corrected chi connectivity index (χ2v) is 8.74. The minimum atomic E-state index is -0.898. The number of benzene rings is 1. The maximum atomic E-state index is 12.2. The molecule has 1 amide bonds. The Kier molecular flexibility index (Phi) is 3.29. The summed E-state index contributed by atoms with van der Waals surface area (Å²) < 4.78 is 0. The van der Waals surface area contributed by atoms with Gasteiger partial charge in [-0.05, 0) is 42.4 Å². The number of nitrogens with one attached hydrogen (secondary N) is 2. The van der Waals surface area contributed by atoms with E-state index in [1.807, 2.05) is 32.9 Å². The topological polar surface area (TPSA) is 78.0 Å². The quantitative estimate of drug-likeness (QED) is 0.781. The summed E-state index contributed by atoms with van der Waals surface area (Å²) in [6.45, 7) is 5.75. The van der Waals surface area contributed by atoms with Crippen LogP contribution in [0.3, 0.4) is 0 Å². The Bertz CT molecular complexity index is 811. The molecule has 0 bridgehead atoms. The Balaban J connectivity index is 1.54. The van der Waals surface area contributed by atoms with Crippen molar-refractivity contribution in [3.05, 3.63) is 28.9 Å². The zero-order valence-electron chi connectivity index (χ0n) is 14.1. The Morgan fingerprint density at radius 3 is 2.67 bits per heavy atom. The number of fused-ring (bicyclic) bond motifs is 2. The molecule has 128 valence electrons. The largest absolute Gasteiger partial charge is 0.385 e. The number of aliphatic hydroxyl groups is 1. The normalized spacial score (nSPS) is 32.0. The molecule has 4 atom stereocenters. The molecule has 0 radical (unpaired) electrons. The van der Waals surface area contributed by atoms with Crippen LogP contribution in [0.5, 0.6) is 0 Å². The fourth-order valence-corrected chi connectivity index (χ4v) is 4.29. The van der Waals surface area contributed by atoms with Gasteiger partial charge in [0, 0.05) is 21.9 Å². The number of carbonyl (C=O) groups excluding carboxylic acids is 1. The highest BCUT2D eigenvalue weighted by Gasteiger charge is 2.62. The second-order valence-electron chi connectivity index (χ2n) is 8.30. The Morgan fingerprint density at radius 2 is 2.04 bits per heavy atom. The number of H-pyrrole nitrogens is 1. The third kappa shape index (κ3) is 2.42. The first-order valence-electron chi connectivity index (χ1n) is 8.35. The van der Waals surface area contributed by atoms with Crippen molar-refractivity contribution in [1.82, 2.24) is 15.5 Å². The van der Waals surface area contributed by atoms with Crippen molar-refractivity contribution < 1.29 is 9.90 Å². The van der Waals surface area contributed by atoms with Crippen LogP contribution in [0.4, 0.5) is 0 Å². The fraction of sp³-hybridized carbons (Fsp3) is 0.556. The summed E-state index contributed by atoms with van der Waals surface area (Å²) >= 11 is 6.20. The second kappa shape index (κ2) is 4.96. The summed E-state index contributed by atoms with van der Waals surface area (Å²) in [6.07, 6.45) is 3.03. The molecule has 5 nitrogen and oxygen atoms in total. The minimum absolute atomic E-state index is 0.0745. The molecule has 6 heteroatoms. The smallest absolute Gasteiger partial charge is 0.225 e. The number of amides is 1. The molecule has 1 aromatic carbocycles. The monoisotopic (exact) mass is 347 g/mol. The fourth-order valence-electron chi connectivity index (χ4n) is 4.07. The van der Waals surface area contributed by atoms with Gasteiger partial charge >= 0.3 is 0 Å². The van der Waals surface area contributed by atoms with Gasteiger partial charge < -0.3 is 10.4 Å². The van der Waals surface area contributed by atoms with Gasteiger partial charge in [0.25, 0.3) is 0 Å². The molecular formula is C18H22ClN3O2. The van der Waals surface area contributed by atoms with Crippen LogP contribution in [0.2, 0.25) is 5.02 Å². The predicted molar refractivity (Wildman–Crippen MR) is 92.6 cm³/mol. The van der Waals surface area contributed by atoms with Crippen LogP contribution in [-0.4, -0.2) is 27.3 Å². The SMILES string of the molecule is CC(C)(C)C(=O)NC1[C@H]2CC(O)(c3cc(Cl)cc4[nH]ncc34)C[C@@H]12. The van der Waals surface area contributed by atoms with Crippen LogP contribution in [0, 0.1) is 17.3 Å². The molecule has 0 saturated heterocycles. The zero-order chi connectivity index (χ0) is 17.3. The first-order valence-corrected chi connectivity index (χ1v) is 8.73. The maximum Gasteiger partial charge on any atom is 0.225 e. The Morgan fingerprint density at radius 1 is 1.38 bits per heavy atom. The number of aromatic nitrogens is 2. The number of carbonyl (C=O) groups is 1. The van der Waals surface area contributed by atoms with Crippen molar-refractivity contribution in [2.45, 2.75) is 45.3 Å². The standard InChI is InChI=1S/C18H22ClN3O2/c1-17(2,3)16(23)21-15-10-6-18(24,7-11(10)15)13-4-9(19)5-14-12(13)8-20-22-14/h4-5,8,10-11,15,24H,6-7H2,1-3H3,(H,20,22)(H,21,23)/t10-,11+,15?,18?. The van der Waals surface area contributed by atoms with Gasteiger partial charge in [-0.2, -0.15) is 5.10 Å². The molecule has 2 saturated carbocycles. The van der Waals surface area contributed by atoms with E-state index in [1.165, 1.54) is 0 Å². The van der Waals surface area contributed by atoms with Crippen LogP contribution in [0.1, 0.15) is 39.2 Å². The molecule has 24 heavy (non-hydrogen) atoms. The summed E-state index contributed by atoms with van der Waals surface area (Å²) in [6, 6.07) is 3.85. The van der Waals surface area contributed by atoms with Crippen molar-refractivity contribution in [2.75, 3.05) is 0 Å². The van der Waals surface area contributed by atoms with Crippen LogP contribution < -0.4 is 5.32 Å². The van der Waals surface area contributed by atoms with Gasteiger partial charge in [0.15, 0.2) is 0 Å². The predicted octanol–water partition coefficient (Wildman–Crippen LogP) is 2.97. The van der Waals surface area contributed by atoms with E-state index in [1.54, 1.807) is 6.20 Å². The van der Waals surface area contributed by atoms with Crippen molar-refractivity contribution in [1.29, 1.82) is 0 Å². The number of hydrogen-bond acceptors (Lipinski definition) is 3. The summed E-state index contributed by atoms with van der Waals surface area (Å²) in [5, 5.41) is 22.8. The van der Waals surface area contributed by atoms with Gasteiger partial charge in [-0.15, -0.1) is 0 Å². The van der Waals surface area contributed by atoms with E-state index in [0.29, 0.717) is 29.7 Å². The number of nitrogens with zero attached hydrogens (tertiary/aromatic N) is 1. The zero-order valence-corrected chi connectivity index (χ0v) is 14.8. The average molecular weight is 348 g/mol. The number of halogens is 1. The van der Waals surface area contributed by atoms with Gasteiger partial charge in [-0.25, -0.2) is 0 Å². The van der Waals surface area contributed by atoms with Crippen LogP contribution in [0.25, 0.3) is 10.9 Å². The molecule has 2 fully saturated rings. The van der Waals surface area contributed by atoms with E-state index in [-0.39, 0.29) is 17.4 Å². The van der Waals surface area contributed by atoms with Gasteiger partial charge in [-0.1, -0.05) is 32.4 Å². The molecule has 4 rings (SSSR count). The molecule has 3 N–H and O–H groups in total. The van der Waals surface area contributed by atoms with Crippen molar-refractivity contribution in [3.8, 4) is 0 Å².